The molecule has 0 saturated carbocycles. The van der Waals surface area contributed by atoms with Crippen LogP contribution < -0.4 is 0 Å². The second kappa shape index (κ2) is 5.16. The first-order chi connectivity index (χ1) is 7.42. The molecule has 0 N–H and O–H groups in total. The number of benzene rings is 1. The van der Waals surface area contributed by atoms with Gasteiger partial charge in [-0.3, -0.25) is 0 Å². The summed E-state index contributed by atoms with van der Waals surface area (Å²) in [4.78, 5) is 0. The monoisotopic (exact) mass is 199 g/mol. The average Bonchev–Trinajstić information content (AvgIpc) is 2.68. The molecule has 1 radical (unpaired) electrons. The van der Waals surface area contributed by atoms with E-state index in [1.54, 1.807) is 0 Å². The fraction of sp³-hybridized carbons (Fsp3) is 0.400. The highest BCUT2D eigenvalue weighted by molar-refractivity contribution is 5.68. The second-order valence-corrected chi connectivity index (χ2v) is 4.26. The van der Waals surface area contributed by atoms with Gasteiger partial charge < -0.3 is 0 Å². The van der Waals surface area contributed by atoms with Crippen LogP contribution in [0, 0.1) is 5.92 Å². The number of hydrogen-bond acceptors (Lipinski definition) is 0. The summed E-state index contributed by atoms with van der Waals surface area (Å²) >= 11 is 0. The molecule has 1 aliphatic carbocycles. The maximum absolute atomic E-state index is 2.29. The Morgan fingerprint density at radius 2 is 1.80 bits per heavy atom. The first-order valence-electron chi connectivity index (χ1n) is 6.05. The fourth-order valence-electron chi connectivity index (χ4n) is 2.18. The van der Waals surface area contributed by atoms with Gasteiger partial charge in [0, 0.05) is 5.92 Å². The molecule has 0 aliphatic heterocycles. The summed E-state index contributed by atoms with van der Waals surface area (Å²) in [6.07, 6.45) is 11.2. The van der Waals surface area contributed by atoms with Crippen molar-refractivity contribution in [3.8, 4) is 0 Å². The van der Waals surface area contributed by atoms with E-state index in [0.29, 0.717) is 0 Å². The first kappa shape index (κ1) is 10.5. The normalized spacial score (nSPS) is 14.5. The summed E-state index contributed by atoms with van der Waals surface area (Å²) in [7, 11) is 0. The molecule has 0 aromatic heterocycles. The lowest BCUT2D eigenvalue weighted by atomic mass is 9.95. The van der Waals surface area contributed by atoms with Crippen molar-refractivity contribution in [2.75, 3.05) is 0 Å². The number of fused-ring (bicyclic) bond motifs is 1. The van der Waals surface area contributed by atoms with E-state index in [2.05, 4.69) is 43.3 Å². The van der Waals surface area contributed by atoms with Crippen molar-refractivity contribution in [2.24, 2.45) is 0 Å². The molecule has 0 unspecified atom stereocenters. The third kappa shape index (κ3) is 2.50. The van der Waals surface area contributed by atoms with Crippen molar-refractivity contribution in [3.63, 3.8) is 0 Å². The van der Waals surface area contributed by atoms with Gasteiger partial charge in [-0.05, 0) is 17.5 Å². The number of rotatable bonds is 5. The SMILES string of the molecule is CCCCCC[C]1C=Cc2ccccc21. The molecule has 0 amide bonds. The van der Waals surface area contributed by atoms with Gasteiger partial charge in [0.1, 0.15) is 0 Å². The van der Waals surface area contributed by atoms with Crippen molar-refractivity contribution in [2.45, 2.75) is 39.0 Å². The van der Waals surface area contributed by atoms with E-state index >= 15 is 0 Å². The highest BCUT2D eigenvalue weighted by Gasteiger charge is 2.16. The predicted molar refractivity (Wildman–Crippen MR) is 66.6 cm³/mol. The number of unbranched alkanes of at least 4 members (excludes halogenated alkanes) is 3. The van der Waals surface area contributed by atoms with E-state index in [9.17, 15) is 0 Å². The van der Waals surface area contributed by atoms with Crippen LogP contribution in [0.4, 0.5) is 0 Å². The van der Waals surface area contributed by atoms with Crippen LogP contribution in [0.3, 0.4) is 0 Å². The lowest BCUT2D eigenvalue weighted by molar-refractivity contribution is 0.654. The molecule has 0 saturated heterocycles. The van der Waals surface area contributed by atoms with Gasteiger partial charge in [-0.1, -0.05) is 69.0 Å². The molecule has 15 heavy (non-hydrogen) atoms. The Kier molecular flexibility index (Phi) is 3.60. The van der Waals surface area contributed by atoms with Gasteiger partial charge in [0.15, 0.2) is 0 Å². The van der Waals surface area contributed by atoms with E-state index in [-0.39, 0.29) is 0 Å². The largest absolute Gasteiger partial charge is 0.0721 e. The van der Waals surface area contributed by atoms with Gasteiger partial charge in [0.25, 0.3) is 0 Å². The first-order valence-corrected chi connectivity index (χ1v) is 6.05. The van der Waals surface area contributed by atoms with Crippen LogP contribution in [0.25, 0.3) is 6.08 Å². The second-order valence-electron chi connectivity index (χ2n) is 4.26. The van der Waals surface area contributed by atoms with E-state index < -0.39 is 0 Å². The van der Waals surface area contributed by atoms with Crippen molar-refractivity contribution >= 4 is 6.08 Å². The molecule has 0 heterocycles. The summed E-state index contributed by atoms with van der Waals surface area (Å²) in [5, 5.41) is 0. The zero-order chi connectivity index (χ0) is 10.5. The Labute approximate surface area is 93.0 Å². The van der Waals surface area contributed by atoms with Gasteiger partial charge in [0.05, 0.1) is 0 Å². The lowest BCUT2D eigenvalue weighted by Crippen LogP contribution is -1.94. The van der Waals surface area contributed by atoms with Gasteiger partial charge in [-0.2, -0.15) is 0 Å². The van der Waals surface area contributed by atoms with Gasteiger partial charge >= 0.3 is 0 Å². The van der Waals surface area contributed by atoms with Crippen LogP contribution in [0.1, 0.15) is 50.2 Å². The predicted octanol–water partition coefficient (Wildman–Crippen LogP) is 4.61. The Bertz CT molecular complexity index is 336. The van der Waals surface area contributed by atoms with Crippen LogP contribution in [0.5, 0.6) is 0 Å². The molecular formula is C15H19. The number of hydrogen-bond donors (Lipinski definition) is 0. The average molecular weight is 199 g/mol. The molecule has 1 aliphatic rings. The molecular weight excluding hydrogens is 180 g/mol. The molecule has 1 aromatic carbocycles. The van der Waals surface area contributed by atoms with Crippen LogP contribution >= 0.6 is 0 Å². The summed E-state index contributed by atoms with van der Waals surface area (Å²) < 4.78 is 0. The van der Waals surface area contributed by atoms with Crippen molar-refractivity contribution in [3.05, 3.63) is 47.4 Å². The van der Waals surface area contributed by atoms with E-state index in [1.165, 1.54) is 49.1 Å². The topological polar surface area (TPSA) is 0 Å². The Morgan fingerprint density at radius 1 is 0.933 bits per heavy atom. The molecule has 0 atom stereocenters. The fourth-order valence-corrected chi connectivity index (χ4v) is 2.18. The van der Waals surface area contributed by atoms with Crippen LogP contribution in [-0.2, 0) is 0 Å². The minimum Gasteiger partial charge on any atom is -0.0721 e. The zero-order valence-corrected chi connectivity index (χ0v) is 9.50. The van der Waals surface area contributed by atoms with Gasteiger partial charge in [-0.15, -0.1) is 0 Å². The highest BCUT2D eigenvalue weighted by atomic mass is 14.2. The smallest absolute Gasteiger partial charge is 0.0273 e. The quantitative estimate of drug-likeness (QED) is 0.608. The van der Waals surface area contributed by atoms with Crippen molar-refractivity contribution < 1.29 is 0 Å². The molecule has 1 aromatic rings. The standard InChI is InChI=1S/C15H19/c1-2-3-4-5-8-13-11-12-14-9-6-7-10-15(13)14/h6-7,9-12H,2-5,8H2,1H3. The third-order valence-electron chi connectivity index (χ3n) is 3.07. The molecule has 0 nitrogen and oxygen atoms in total. The maximum atomic E-state index is 2.29. The Balaban J connectivity index is 1.88. The third-order valence-corrected chi connectivity index (χ3v) is 3.07. The van der Waals surface area contributed by atoms with Gasteiger partial charge in [0.2, 0.25) is 0 Å². The molecule has 0 spiro atoms. The summed E-state index contributed by atoms with van der Waals surface area (Å²) in [6.45, 7) is 2.26. The van der Waals surface area contributed by atoms with E-state index in [0.717, 1.165) is 0 Å². The maximum Gasteiger partial charge on any atom is 0.0273 e. The van der Waals surface area contributed by atoms with E-state index in [1.807, 2.05) is 0 Å². The van der Waals surface area contributed by atoms with Gasteiger partial charge in [-0.25, -0.2) is 0 Å². The Hall–Kier alpha value is -1.04. The van der Waals surface area contributed by atoms with E-state index in [4.69, 9.17) is 0 Å². The van der Waals surface area contributed by atoms with Crippen LogP contribution in [0.2, 0.25) is 0 Å². The summed E-state index contributed by atoms with van der Waals surface area (Å²) in [6, 6.07) is 8.69. The highest BCUT2D eigenvalue weighted by Crippen LogP contribution is 2.32. The molecule has 0 heteroatoms. The van der Waals surface area contributed by atoms with Crippen LogP contribution in [0.15, 0.2) is 30.3 Å². The summed E-state index contributed by atoms with van der Waals surface area (Å²) in [5.74, 6) is 1.53. The minimum atomic E-state index is 1.24. The zero-order valence-electron chi connectivity index (χ0n) is 9.50. The molecule has 0 bridgehead atoms. The summed E-state index contributed by atoms with van der Waals surface area (Å²) in [5.41, 5.74) is 2.84. The molecule has 2 rings (SSSR count). The van der Waals surface area contributed by atoms with Crippen LogP contribution in [-0.4, -0.2) is 0 Å². The molecule has 79 valence electrons. The lowest BCUT2D eigenvalue weighted by Gasteiger charge is -2.09. The van der Waals surface area contributed by atoms with Crippen molar-refractivity contribution in [1.82, 2.24) is 0 Å². The number of allylic oxidation sites excluding steroid dienone is 1. The molecule has 0 fully saturated rings. The van der Waals surface area contributed by atoms with Crippen molar-refractivity contribution in [1.29, 1.82) is 0 Å². The Morgan fingerprint density at radius 3 is 2.67 bits per heavy atom. The minimum absolute atomic E-state index is 1.24.